The monoisotopic (exact) mass is 429 g/mol. The second-order valence-electron chi connectivity index (χ2n) is 7.39. The van der Waals surface area contributed by atoms with Crippen molar-refractivity contribution in [2.75, 3.05) is 59.5 Å². The Morgan fingerprint density at radius 3 is 1.10 bits per heavy atom. The summed E-state index contributed by atoms with van der Waals surface area (Å²) in [6, 6.07) is 0. The van der Waals surface area contributed by atoms with Crippen molar-refractivity contribution in [2.24, 2.45) is 0 Å². The van der Waals surface area contributed by atoms with Crippen LogP contribution >= 0.6 is 0 Å². The van der Waals surface area contributed by atoms with Crippen LogP contribution in [-0.2, 0) is 48.1 Å². The lowest BCUT2D eigenvalue weighted by Crippen LogP contribution is -2.55. The molecule has 3 atom stereocenters. The Kier molecular flexibility index (Phi) is 7.12. The highest BCUT2D eigenvalue weighted by Gasteiger charge is 2.24. The van der Waals surface area contributed by atoms with E-state index >= 15 is 0 Å². The van der Waals surface area contributed by atoms with Crippen LogP contribution in [0.2, 0.25) is 0 Å². The molecule has 1 aromatic heterocycles. The summed E-state index contributed by atoms with van der Waals surface area (Å²) in [5.41, 5.74) is -2.02. The Bertz CT molecular complexity index is 736. The van der Waals surface area contributed by atoms with Crippen molar-refractivity contribution >= 4 is 0 Å². The fraction of sp³-hybridized carbons (Fsp3) is 0.833. The third-order valence-electron chi connectivity index (χ3n) is 4.88. The van der Waals surface area contributed by atoms with Gasteiger partial charge in [0.25, 0.3) is 0 Å². The number of aromatic nitrogens is 3. The second-order valence-corrected chi connectivity index (χ2v) is 7.39. The zero-order chi connectivity index (χ0) is 20.9. The average Bonchev–Trinajstić information content (AvgIpc) is 3.58. The van der Waals surface area contributed by atoms with E-state index in [0.717, 1.165) is 13.7 Å². The molecule has 3 unspecified atom stereocenters. The summed E-state index contributed by atoms with van der Waals surface area (Å²) in [7, 11) is 0. The fourth-order valence-corrected chi connectivity index (χ4v) is 2.86. The highest BCUT2D eigenvalue weighted by atomic mass is 16.6. The van der Waals surface area contributed by atoms with E-state index in [1.54, 1.807) is 0 Å². The van der Waals surface area contributed by atoms with E-state index in [1.165, 1.54) is 0 Å². The third kappa shape index (κ3) is 6.09. The zero-order valence-corrected chi connectivity index (χ0v) is 16.7. The van der Waals surface area contributed by atoms with Gasteiger partial charge in [0.15, 0.2) is 0 Å². The van der Waals surface area contributed by atoms with Crippen molar-refractivity contribution in [3.05, 3.63) is 31.5 Å². The van der Waals surface area contributed by atoms with E-state index in [-0.39, 0.29) is 57.8 Å². The van der Waals surface area contributed by atoms with Crippen LogP contribution in [0.15, 0.2) is 14.4 Å². The van der Waals surface area contributed by atoms with Gasteiger partial charge in [-0.1, -0.05) is 0 Å². The van der Waals surface area contributed by atoms with E-state index in [9.17, 15) is 14.4 Å². The lowest BCUT2D eigenvalue weighted by Gasteiger charge is -2.14. The van der Waals surface area contributed by atoms with Crippen LogP contribution in [0.1, 0.15) is 0 Å². The van der Waals surface area contributed by atoms with Crippen LogP contribution in [0.4, 0.5) is 0 Å². The molecule has 3 aliphatic rings. The van der Waals surface area contributed by atoms with Crippen molar-refractivity contribution in [3.8, 4) is 0 Å². The molecule has 3 fully saturated rings. The molecule has 12 nitrogen and oxygen atoms in total. The van der Waals surface area contributed by atoms with Crippen LogP contribution < -0.4 is 17.1 Å². The number of nitrogens with zero attached hydrogens (tertiary/aromatic N) is 3. The minimum Gasteiger partial charge on any atom is -0.377 e. The summed E-state index contributed by atoms with van der Waals surface area (Å²) >= 11 is 0. The Morgan fingerprint density at radius 1 is 0.600 bits per heavy atom. The van der Waals surface area contributed by atoms with E-state index in [1.807, 2.05) is 0 Å². The first-order valence-electron chi connectivity index (χ1n) is 10.2. The van der Waals surface area contributed by atoms with Crippen LogP contribution in [0.3, 0.4) is 0 Å². The normalized spacial score (nSPS) is 24.2. The molecule has 0 bridgehead atoms. The number of hydrogen-bond acceptors (Lipinski definition) is 9. The van der Waals surface area contributed by atoms with Gasteiger partial charge in [0.2, 0.25) is 0 Å². The van der Waals surface area contributed by atoms with Crippen molar-refractivity contribution in [2.45, 2.75) is 37.9 Å². The average molecular weight is 429 g/mol. The number of rotatable bonds is 15. The molecule has 30 heavy (non-hydrogen) atoms. The topological polar surface area (TPSA) is 131 Å². The summed E-state index contributed by atoms with van der Waals surface area (Å²) in [6.45, 7) is 3.84. The van der Waals surface area contributed by atoms with Gasteiger partial charge in [-0.05, 0) is 0 Å². The summed E-state index contributed by atoms with van der Waals surface area (Å²) in [5.74, 6) is 0. The first kappa shape index (κ1) is 21.4. The highest BCUT2D eigenvalue weighted by molar-refractivity contribution is 4.80. The molecule has 3 aliphatic heterocycles. The molecule has 4 heterocycles. The summed E-state index contributed by atoms with van der Waals surface area (Å²) in [5, 5.41) is 0. The largest absolute Gasteiger partial charge is 0.377 e. The number of ether oxygens (including phenoxy) is 6. The predicted octanol–water partition coefficient (Wildman–Crippen LogP) is -2.58. The molecule has 0 spiro atoms. The molecule has 4 rings (SSSR count). The Labute approximate surface area is 171 Å². The quantitative estimate of drug-likeness (QED) is 0.218. The molecule has 3 saturated heterocycles. The van der Waals surface area contributed by atoms with Crippen molar-refractivity contribution in [3.63, 3.8) is 0 Å². The standard InChI is InChI=1S/C18H27N3O9/c22-16-19(1-4-25-7-13-10-28-13)17(23)21(3-6-27-9-15-12-30-15)18(24)20(16)2-5-26-8-14-11-29-14/h13-15H,1-12H2. The van der Waals surface area contributed by atoms with Gasteiger partial charge < -0.3 is 28.4 Å². The predicted molar refractivity (Wildman–Crippen MR) is 101 cm³/mol. The molecule has 0 radical (unpaired) electrons. The summed E-state index contributed by atoms with van der Waals surface area (Å²) in [4.78, 5) is 38.3. The van der Waals surface area contributed by atoms with Gasteiger partial charge in [-0.25, -0.2) is 28.1 Å². The molecular weight excluding hydrogens is 402 g/mol. The highest BCUT2D eigenvalue weighted by Crippen LogP contribution is 2.09. The Hall–Kier alpha value is -1.83. The van der Waals surface area contributed by atoms with E-state index in [4.69, 9.17) is 28.4 Å². The Morgan fingerprint density at radius 2 is 0.867 bits per heavy atom. The van der Waals surface area contributed by atoms with Crippen molar-refractivity contribution in [1.82, 2.24) is 13.7 Å². The zero-order valence-electron chi connectivity index (χ0n) is 16.7. The third-order valence-corrected chi connectivity index (χ3v) is 4.88. The molecule has 0 saturated carbocycles. The van der Waals surface area contributed by atoms with Gasteiger partial charge in [0.05, 0.1) is 79.1 Å². The maximum Gasteiger partial charge on any atom is 0.336 e. The van der Waals surface area contributed by atoms with E-state index in [0.29, 0.717) is 39.6 Å². The van der Waals surface area contributed by atoms with Gasteiger partial charge in [0.1, 0.15) is 18.3 Å². The number of hydrogen-bond donors (Lipinski definition) is 0. The lowest BCUT2D eigenvalue weighted by molar-refractivity contribution is 0.0974. The first-order chi connectivity index (χ1) is 14.6. The van der Waals surface area contributed by atoms with Crippen LogP contribution in [0, 0.1) is 0 Å². The molecule has 0 aliphatic carbocycles. The summed E-state index contributed by atoms with van der Waals surface area (Å²) in [6.07, 6.45) is 0.271. The van der Waals surface area contributed by atoms with E-state index in [2.05, 4.69) is 0 Å². The molecule has 12 heteroatoms. The molecule has 168 valence electrons. The first-order valence-corrected chi connectivity index (χ1v) is 10.2. The minimum absolute atomic E-state index is 0.0399. The van der Waals surface area contributed by atoms with Gasteiger partial charge >= 0.3 is 17.1 Å². The van der Waals surface area contributed by atoms with Crippen LogP contribution in [-0.4, -0.2) is 91.5 Å². The number of epoxide rings is 3. The molecule has 0 amide bonds. The van der Waals surface area contributed by atoms with Gasteiger partial charge in [-0.3, -0.25) is 0 Å². The molecule has 1 aromatic rings. The second kappa shape index (κ2) is 9.98. The minimum atomic E-state index is -0.675. The maximum atomic E-state index is 12.8. The molecule has 0 aromatic carbocycles. The van der Waals surface area contributed by atoms with Crippen molar-refractivity contribution in [1.29, 1.82) is 0 Å². The van der Waals surface area contributed by atoms with Gasteiger partial charge in [-0.2, -0.15) is 0 Å². The smallest absolute Gasteiger partial charge is 0.336 e. The van der Waals surface area contributed by atoms with Gasteiger partial charge in [0, 0.05) is 0 Å². The van der Waals surface area contributed by atoms with Crippen LogP contribution in [0.25, 0.3) is 0 Å². The molecule has 0 N–H and O–H groups in total. The van der Waals surface area contributed by atoms with Crippen molar-refractivity contribution < 1.29 is 28.4 Å². The molecular formula is C18H27N3O9. The SMILES string of the molecule is O=c1n(CCOCC2CO2)c(=O)n(CCOCC2CO2)c(=O)n1CCOCC1CO1. The maximum absolute atomic E-state index is 12.8. The Balaban J connectivity index is 1.43. The van der Waals surface area contributed by atoms with Crippen LogP contribution in [0.5, 0.6) is 0 Å². The summed E-state index contributed by atoms with van der Waals surface area (Å²) < 4.78 is 34.6. The lowest BCUT2D eigenvalue weighted by atomic mass is 10.5. The fourth-order valence-electron chi connectivity index (χ4n) is 2.86. The van der Waals surface area contributed by atoms with E-state index < -0.39 is 17.1 Å². The van der Waals surface area contributed by atoms with Gasteiger partial charge in [-0.15, -0.1) is 0 Å².